The summed E-state index contributed by atoms with van der Waals surface area (Å²) < 4.78 is 7.11. The lowest BCUT2D eigenvalue weighted by Gasteiger charge is -2.29. The van der Waals surface area contributed by atoms with Crippen LogP contribution in [0.3, 0.4) is 0 Å². The van der Waals surface area contributed by atoms with E-state index < -0.39 is 17.4 Å². The molecule has 0 aliphatic carbocycles. The summed E-state index contributed by atoms with van der Waals surface area (Å²) >= 11 is 0. The monoisotopic (exact) mass is 294 g/mol. The lowest BCUT2D eigenvalue weighted by molar-refractivity contribution is -0.141. The number of aliphatic carboxylic acids is 1. The molecule has 1 fully saturated rings. The Morgan fingerprint density at radius 1 is 1.52 bits per heavy atom. The normalized spacial score (nSPS) is 23.2. The van der Waals surface area contributed by atoms with Crippen LogP contribution >= 0.6 is 0 Å². The molecule has 1 saturated heterocycles. The van der Waals surface area contributed by atoms with Gasteiger partial charge in [0, 0.05) is 18.0 Å². The Balaban J connectivity index is 2.52. The number of hydrogen-bond acceptors (Lipinski definition) is 4. The molecule has 1 aliphatic rings. The van der Waals surface area contributed by atoms with Crippen LogP contribution in [0.1, 0.15) is 37.2 Å². The van der Waals surface area contributed by atoms with Gasteiger partial charge in [0.15, 0.2) is 0 Å². The van der Waals surface area contributed by atoms with Crippen LogP contribution < -0.4 is 5.69 Å². The van der Waals surface area contributed by atoms with Crippen molar-refractivity contribution in [2.24, 2.45) is 5.92 Å². The minimum Gasteiger partial charge on any atom is -0.481 e. The highest BCUT2D eigenvalue weighted by molar-refractivity contribution is 5.70. The van der Waals surface area contributed by atoms with Crippen molar-refractivity contribution < 1.29 is 14.6 Å². The molecule has 1 N–H and O–H groups in total. The molecule has 2 rings (SSSR count). The SMILES string of the molecule is Cc1nc(=O)n(C2(C)CCOC2)c(C)c1CC(C)C(=O)O. The molecule has 1 aromatic heterocycles. The highest BCUT2D eigenvalue weighted by Gasteiger charge is 2.35. The summed E-state index contributed by atoms with van der Waals surface area (Å²) in [5.41, 5.74) is 1.57. The quantitative estimate of drug-likeness (QED) is 0.904. The Kier molecular flexibility index (Phi) is 4.18. The van der Waals surface area contributed by atoms with Gasteiger partial charge < -0.3 is 9.84 Å². The summed E-state index contributed by atoms with van der Waals surface area (Å²) in [7, 11) is 0. The lowest BCUT2D eigenvalue weighted by atomic mass is 9.96. The van der Waals surface area contributed by atoms with Gasteiger partial charge in [-0.3, -0.25) is 9.36 Å². The Hall–Kier alpha value is -1.69. The van der Waals surface area contributed by atoms with Gasteiger partial charge >= 0.3 is 11.7 Å². The Labute approximate surface area is 123 Å². The first-order valence-electron chi connectivity index (χ1n) is 7.16. The first-order chi connectivity index (χ1) is 9.76. The molecule has 1 aliphatic heterocycles. The van der Waals surface area contributed by atoms with Crippen LogP contribution in [0.2, 0.25) is 0 Å². The van der Waals surface area contributed by atoms with E-state index in [1.807, 2.05) is 13.8 Å². The molecule has 2 unspecified atom stereocenters. The fraction of sp³-hybridized carbons (Fsp3) is 0.667. The first-order valence-corrected chi connectivity index (χ1v) is 7.16. The molecule has 0 saturated carbocycles. The zero-order valence-corrected chi connectivity index (χ0v) is 13.0. The number of aryl methyl sites for hydroxylation is 1. The predicted octanol–water partition coefficient (Wildman–Crippen LogP) is 1.26. The van der Waals surface area contributed by atoms with Crippen LogP contribution in [0.5, 0.6) is 0 Å². The van der Waals surface area contributed by atoms with Crippen molar-refractivity contribution in [3.8, 4) is 0 Å². The van der Waals surface area contributed by atoms with E-state index in [-0.39, 0.29) is 5.69 Å². The van der Waals surface area contributed by atoms with Gasteiger partial charge in [-0.05, 0) is 39.2 Å². The molecule has 0 amide bonds. The highest BCUT2D eigenvalue weighted by Crippen LogP contribution is 2.28. The number of hydrogen-bond donors (Lipinski definition) is 1. The molecule has 2 atom stereocenters. The number of ether oxygens (including phenoxy) is 1. The standard InChI is InChI=1S/C15H22N2O4/c1-9(13(18)19)7-12-10(2)16-14(20)17(11(12)3)15(4)5-6-21-8-15/h9H,5-8H2,1-4H3,(H,18,19). The molecule has 1 aromatic rings. The van der Waals surface area contributed by atoms with Crippen LogP contribution in [0.15, 0.2) is 4.79 Å². The van der Waals surface area contributed by atoms with E-state index in [0.29, 0.717) is 25.3 Å². The van der Waals surface area contributed by atoms with Gasteiger partial charge in [0.2, 0.25) is 0 Å². The van der Waals surface area contributed by atoms with Gasteiger partial charge in [0.05, 0.1) is 18.1 Å². The Morgan fingerprint density at radius 3 is 2.71 bits per heavy atom. The molecule has 0 aromatic carbocycles. The third-order valence-corrected chi connectivity index (χ3v) is 4.33. The zero-order valence-electron chi connectivity index (χ0n) is 13.0. The summed E-state index contributed by atoms with van der Waals surface area (Å²) in [6.45, 7) is 8.37. The predicted molar refractivity (Wildman–Crippen MR) is 77.6 cm³/mol. The van der Waals surface area contributed by atoms with Crippen LogP contribution in [0.4, 0.5) is 0 Å². The van der Waals surface area contributed by atoms with E-state index in [2.05, 4.69) is 4.98 Å². The molecule has 116 valence electrons. The third kappa shape index (κ3) is 2.85. The number of carboxylic acid groups (broad SMARTS) is 1. The summed E-state index contributed by atoms with van der Waals surface area (Å²) in [5, 5.41) is 9.10. The van der Waals surface area contributed by atoms with Crippen molar-refractivity contribution in [1.82, 2.24) is 9.55 Å². The van der Waals surface area contributed by atoms with Crippen molar-refractivity contribution in [2.45, 2.75) is 46.1 Å². The maximum Gasteiger partial charge on any atom is 0.348 e. The molecule has 21 heavy (non-hydrogen) atoms. The third-order valence-electron chi connectivity index (χ3n) is 4.33. The fourth-order valence-corrected chi connectivity index (χ4v) is 2.96. The number of carbonyl (C=O) groups is 1. The maximum atomic E-state index is 12.3. The number of nitrogens with zero attached hydrogens (tertiary/aromatic N) is 2. The maximum absolute atomic E-state index is 12.3. The van der Waals surface area contributed by atoms with Gasteiger partial charge in [0.25, 0.3) is 0 Å². The second-order valence-corrected chi connectivity index (χ2v) is 6.12. The van der Waals surface area contributed by atoms with Crippen molar-refractivity contribution in [3.05, 3.63) is 27.4 Å². The summed E-state index contributed by atoms with van der Waals surface area (Å²) in [5.74, 6) is -1.36. The molecule has 6 heteroatoms. The Morgan fingerprint density at radius 2 is 2.19 bits per heavy atom. The average Bonchev–Trinajstić information content (AvgIpc) is 2.81. The number of aromatic nitrogens is 2. The molecule has 6 nitrogen and oxygen atoms in total. The second-order valence-electron chi connectivity index (χ2n) is 6.12. The molecule has 0 bridgehead atoms. The summed E-state index contributed by atoms with van der Waals surface area (Å²) in [4.78, 5) is 27.5. The van der Waals surface area contributed by atoms with Crippen molar-refractivity contribution in [2.75, 3.05) is 13.2 Å². The largest absolute Gasteiger partial charge is 0.481 e. The van der Waals surface area contributed by atoms with Crippen LogP contribution in [-0.2, 0) is 21.5 Å². The number of rotatable bonds is 4. The lowest BCUT2D eigenvalue weighted by Crippen LogP contribution is -2.43. The van der Waals surface area contributed by atoms with E-state index in [4.69, 9.17) is 9.84 Å². The molecular formula is C15H22N2O4. The minimum absolute atomic E-state index is 0.287. The topological polar surface area (TPSA) is 81.4 Å². The molecule has 0 radical (unpaired) electrons. The van der Waals surface area contributed by atoms with Crippen LogP contribution in [0, 0.1) is 19.8 Å². The van der Waals surface area contributed by atoms with Crippen molar-refractivity contribution in [3.63, 3.8) is 0 Å². The van der Waals surface area contributed by atoms with Crippen molar-refractivity contribution >= 4 is 5.97 Å². The van der Waals surface area contributed by atoms with Gasteiger partial charge in [-0.1, -0.05) is 6.92 Å². The molecular weight excluding hydrogens is 272 g/mol. The van der Waals surface area contributed by atoms with E-state index in [0.717, 1.165) is 17.7 Å². The van der Waals surface area contributed by atoms with Gasteiger partial charge in [-0.25, -0.2) is 4.79 Å². The second kappa shape index (κ2) is 5.60. The van der Waals surface area contributed by atoms with E-state index in [9.17, 15) is 9.59 Å². The van der Waals surface area contributed by atoms with Gasteiger partial charge in [-0.2, -0.15) is 4.98 Å². The van der Waals surface area contributed by atoms with Crippen LogP contribution in [0.25, 0.3) is 0 Å². The van der Waals surface area contributed by atoms with Gasteiger partial charge in [0.1, 0.15) is 0 Å². The molecule has 0 spiro atoms. The van der Waals surface area contributed by atoms with Gasteiger partial charge in [-0.15, -0.1) is 0 Å². The highest BCUT2D eigenvalue weighted by atomic mass is 16.5. The van der Waals surface area contributed by atoms with Crippen LogP contribution in [-0.4, -0.2) is 33.8 Å². The minimum atomic E-state index is -0.845. The smallest absolute Gasteiger partial charge is 0.348 e. The zero-order chi connectivity index (χ0) is 15.8. The van der Waals surface area contributed by atoms with Crippen molar-refractivity contribution in [1.29, 1.82) is 0 Å². The van der Waals surface area contributed by atoms with E-state index >= 15 is 0 Å². The summed E-state index contributed by atoms with van der Waals surface area (Å²) in [6.07, 6.45) is 1.13. The van der Waals surface area contributed by atoms with E-state index in [1.165, 1.54) is 0 Å². The molecule has 2 heterocycles. The number of carboxylic acids is 1. The average molecular weight is 294 g/mol. The first kappa shape index (κ1) is 15.7. The fourth-order valence-electron chi connectivity index (χ4n) is 2.96. The summed E-state index contributed by atoms with van der Waals surface area (Å²) in [6, 6.07) is 0. The van der Waals surface area contributed by atoms with E-state index in [1.54, 1.807) is 18.4 Å². The Bertz CT molecular complexity index is 615.